The van der Waals surface area contributed by atoms with Gasteiger partial charge in [-0.15, -0.1) is 0 Å². The van der Waals surface area contributed by atoms with E-state index in [0.29, 0.717) is 6.04 Å². The van der Waals surface area contributed by atoms with Crippen LogP contribution in [0, 0.1) is 6.92 Å². The van der Waals surface area contributed by atoms with E-state index in [1.165, 1.54) is 11.3 Å². The third-order valence-electron chi connectivity index (χ3n) is 4.08. The van der Waals surface area contributed by atoms with E-state index >= 15 is 0 Å². The molecule has 2 N–H and O–H groups in total. The zero-order valence-corrected chi connectivity index (χ0v) is 12.3. The summed E-state index contributed by atoms with van der Waals surface area (Å²) in [4.78, 5) is 5.03. The molecule has 1 aliphatic heterocycles. The molecule has 0 radical (unpaired) electrons. The lowest BCUT2D eigenvalue weighted by molar-refractivity contribution is 0.247. The van der Waals surface area contributed by atoms with E-state index < -0.39 is 0 Å². The fourth-order valence-corrected chi connectivity index (χ4v) is 2.61. The van der Waals surface area contributed by atoms with Crippen LogP contribution in [0.25, 0.3) is 0 Å². The highest BCUT2D eigenvalue weighted by Crippen LogP contribution is 2.17. The van der Waals surface area contributed by atoms with Crippen LogP contribution in [0.15, 0.2) is 24.3 Å². The van der Waals surface area contributed by atoms with Gasteiger partial charge < -0.3 is 10.6 Å². The Morgan fingerprint density at radius 1 is 1.21 bits per heavy atom. The highest BCUT2D eigenvalue weighted by atomic mass is 15.3. The van der Waals surface area contributed by atoms with Gasteiger partial charge in [-0.3, -0.25) is 4.90 Å². The summed E-state index contributed by atoms with van der Waals surface area (Å²) in [6.45, 7) is 10.0. The third-order valence-corrected chi connectivity index (χ3v) is 4.08. The Labute approximate surface area is 117 Å². The Balaban J connectivity index is 1.79. The van der Waals surface area contributed by atoms with Crippen LogP contribution >= 0.6 is 0 Å². The Bertz CT molecular complexity index is 383. The Morgan fingerprint density at radius 3 is 2.58 bits per heavy atom. The SMILES string of the molecule is CCC(N)CCN1CCN(c2cccc(C)c2)CC1. The summed E-state index contributed by atoms with van der Waals surface area (Å²) >= 11 is 0. The van der Waals surface area contributed by atoms with Gasteiger partial charge in [-0.1, -0.05) is 19.1 Å². The first kappa shape index (κ1) is 14.4. The molecule has 1 aromatic rings. The van der Waals surface area contributed by atoms with Crippen LogP contribution in [0.4, 0.5) is 5.69 Å². The summed E-state index contributed by atoms with van der Waals surface area (Å²) in [6.07, 6.45) is 2.21. The lowest BCUT2D eigenvalue weighted by Crippen LogP contribution is -2.47. The van der Waals surface area contributed by atoms with Gasteiger partial charge in [-0.05, 0) is 44.0 Å². The summed E-state index contributed by atoms with van der Waals surface area (Å²) in [5.74, 6) is 0. The Hall–Kier alpha value is -1.06. The predicted octanol–water partition coefficient (Wildman–Crippen LogP) is 2.24. The van der Waals surface area contributed by atoms with Crippen molar-refractivity contribution in [1.29, 1.82) is 0 Å². The Kier molecular flexibility index (Phi) is 5.23. The fraction of sp³-hybridized carbons (Fsp3) is 0.625. The smallest absolute Gasteiger partial charge is 0.0369 e. The van der Waals surface area contributed by atoms with Gasteiger partial charge in [0.15, 0.2) is 0 Å². The van der Waals surface area contributed by atoms with Crippen LogP contribution in [-0.2, 0) is 0 Å². The van der Waals surface area contributed by atoms with Crippen molar-refractivity contribution >= 4 is 5.69 Å². The minimum absolute atomic E-state index is 0.370. The molecule has 0 spiro atoms. The topological polar surface area (TPSA) is 32.5 Å². The van der Waals surface area contributed by atoms with Gasteiger partial charge in [0, 0.05) is 37.9 Å². The molecule has 1 aliphatic rings. The monoisotopic (exact) mass is 261 g/mol. The van der Waals surface area contributed by atoms with Gasteiger partial charge in [-0.25, -0.2) is 0 Å². The zero-order chi connectivity index (χ0) is 13.7. The summed E-state index contributed by atoms with van der Waals surface area (Å²) in [5.41, 5.74) is 8.70. The van der Waals surface area contributed by atoms with E-state index in [-0.39, 0.29) is 0 Å². The number of benzene rings is 1. The molecular formula is C16H27N3. The molecule has 1 unspecified atom stereocenters. The first-order chi connectivity index (χ1) is 9.19. The van der Waals surface area contributed by atoms with E-state index in [4.69, 9.17) is 5.73 Å². The highest BCUT2D eigenvalue weighted by molar-refractivity contribution is 5.48. The first-order valence-corrected chi connectivity index (χ1v) is 7.48. The Morgan fingerprint density at radius 2 is 1.95 bits per heavy atom. The molecule has 19 heavy (non-hydrogen) atoms. The fourth-order valence-electron chi connectivity index (χ4n) is 2.61. The quantitative estimate of drug-likeness (QED) is 0.882. The molecule has 1 fully saturated rings. The average molecular weight is 261 g/mol. The molecule has 106 valence electrons. The number of piperazine rings is 1. The minimum Gasteiger partial charge on any atom is -0.369 e. The van der Waals surface area contributed by atoms with Gasteiger partial charge >= 0.3 is 0 Å². The van der Waals surface area contributed by atoms with Gasteiger partial charge in [0.1, 0.15) is 0 Å². The molecule has 1 aromatic carbocycles. The molecule has 0 saturated carbocycles. The lowest BCUT2D eigenvalue weighted by Gasteiger charge is -2.36. The number of hydrogen-bond acceptors (Lipinski definition) is 3. The number of rotatable bonds is 5. The molecule has 0 amide bonds. The highest BCUT2D eigenvalue weighted by Gasteiger charge is 2.17. The van der Waals surface area contributed by atoms with Crippen molar-refractivity contribution in [3.63, 3.8) is 0 Å². The summed E-state index contributed by atoms with van der Waals surface area (Å²) in [7, 11) is 0. The van der Waals surface area contributed by atoms with E-state index in [9.17, 15) is 0 Å². The average Bonchev–Trinajstić information content (AvgIpc) is 2.45. The van der Waals surface area contributed by atoms with Gasteiger partial charge in [0.2, 0.25) is 0 Å². The molecule has 3 nitrogen and oxygen atoms in total. The number of nitrogens with zero attached hydrogens (tertiary/aromatic N) is 2. The van der Waals surface area contributed by atoms with Gasteiger partial charge in [0.05, 0.1) is 0 Å². The van der Waals surface area contributed by atoms with Crippen LogP contribution in [0.2, 0.25) is 0 Å². The van der Waals surface area contributed by atoms with Crippen molar-refractivity contribution in [1.82, 2.24) is 4.90 Å². The van der Waals surface area contributed by atoms with E-state index in [1.807, 2.05) is 0 Å². The number of hydrogen-bond donors (Lipinski definition) is 1. The maximum atomic E-state index is 5.99. The largest absolute Gasteiger partial charge is 0.369 e. The second kappa shape index (κ2) is 6.92. The number of aryl methyl sites for hydroxylation is 1. The molecule has 1 heterocycles. The van der Waals surface area contributed by atoms with Crippen LogP contribution in [0.1, 0.15) is 25.3 Å². The number of anilines is 1. The zero-order valence-electron chi connectivity index (χ0n) is 12.3. The van der Waals surface area contributed by atoms with Crippen molar-refractivity contribution in [3.8, 4) is 0 Å². The molecule has 2 rings (SSSR count). The van der Waals surface area contributed by atoms with Crippen molar-refractivity contribution in [3.05, 3.63) is 29.8 Å². The van der Waals surface area contributed by atoms with Crippen molar-refractivity contribution in [2.45, 2.75) is 32.7 Å². The van der Waals surface area contributed by atoms with Crippen molar-refractivity contribution in [2.75, 3.05) is 37.6 Å². The predicted molar refractivity (Wildman–Crippen MR) is 82.7 cm³/mol. The maximum Gasteiger partial charge on any atom is 0.0369 e. The van der Waals surface area contributed by atoms with E-state index in [2.05, 4.69) is 47.9 Å². The first-order valence-electron chi connectivity index (χ1n) is 7.48. The standard InChI is InChI=1S/C16H27N3/c1-3-15(17)7-8-18-9-11-19(12-10-18)16-6-4-5-14(2)13-16/h4-6,13,15H,3,7-12,17H2,1-2H3. The van der Waals surface area contributed by atoms with Crippen LogP contribution < -0.4 is 10.6 Å². The van der Waals surface area contributed by atoms with Gasteiger partial charge in [0.25, 0.3) is 0 Å². The van der Waals surface area contributed by atoms with Crippen LogP contribution in [-0.4, -0.2) is 43.7 Å². The molecule has 0 aromatic heterocycles. The number of nitrogens with two attached hydrogens (primary N) is 1. The molecule has 3 heteroatoms. The van der Waals surface area contributed by atoms with Gasteiger partial charge in [-0.2, -0.15) is 0 Å². The molecule has 1 atom stereocenters. The molecular weight excluding hydrogens is 234 g/mol. The summed E-state index contributed by atoms with van der Waals surface area (Å²) in [5, 5.41) is 0. The van der Waals surface area contributed by atoms with E-state index in [1.54, 1.807) is 0 Å². The molecule has 0 bridgehead atoms. The third kappa shape index (κ3) is 4.22. The normalized spacial score (nSPS) is 18.6. The van der Waals surface area contributed by atoms with Crippen molar-refractivity contribution < 1.29 is 0 Å². The molecule has 1 saturated heterocycles. The second-order valence-electron chi connectivity index (χ2n) is 5.62. The summed E-state index contributed by atoms with van der Waals surface area (Å²) < 4.78 is 0. The van der Waals surface area contributed by atoms with Crippen molar-refractivity contribution in [2.24, 2.45) is 5.73 Å². The van der Waals surface area contributed by atoms with E-state index in [0.717, 1.165) is 45.6 Å². The second-order valence-corrected chi connectivity index (χ2v) is 5.62. The van der Waals surface area contributed by atoms with Crippen LogP contribution in [0.5, 0.6) is 0 Å². The minimum atomic E-state index is 0.370. The maximum absolute atomic E-state index is 5.99. The van der Waals surface area contributed by atoms with Crippen LogP contribution in [0.3, 0.4) is 0 Å². The summed E-state index contributed by atoms with van der Waals surface area (Å²) in [6, 6.07) is 9.18. The molecule has 0 aliphatic carbocycles. The lowest BCUT2D eigenvalue weighted by atomic mass is 10.1.